The lowest BCUT2D eigenvalue weighted by molar-refractivity contribution is -0.334. The van der Waals surface area contributed by atoms with Gasteiger partial charge in [-0.2, -0.15) is 0 Å². The number of carboxylic acids is 1. The standard InChI is InChI=1S/C47H58O12/c1-3-7-32-15-16-36(26-34(32)8-5-21-55-2)58-44-47-28-37(38(49)9-6-22-56-39(10-4-20-48)41(59-44)40(50)42(47)51)45(19-23-57-47)18-17-35-25-31(27-46(35,54)29-45)24-30-11-13-33(14-12-30)43(52)53/h3,11-19,23,26,31,35,37-42,44,48-51,54H,1,4-5,7-10,20-21,24-25,27-29H2,2H3,(H,52,53)/t31-,35-,37-,38+,39+,40+,41+,42-,44-,45+,46-,47+/m0/s1. The fraction of sp³-hybridized carbons (Fsp3) is 0.553. The minimum atomic E-state index is -1.75. The van der Waals surface area contributed by atoms with Crippen molar-refractivity contribution in [1.29, 1.82) is 0 Å². The van der Waals surface area contributed by atoms with E-state index in [9.17, 15) is 35.4 Å². The Labute approximate surface area is 346 Å². The average molecular weight is 815 g/mol. The fourth-order valence-electron chi connectivity index (χ4n) is 10.3. The molecule has 12 atom stereocenters. The van der Waals surface area contributed by atoms with E-state index in [1.54, 1.807) is 19.2 Å². The van der Waals surface area contributed by atoms with Gasteiger partial charge in [0.1, 0.15) is 36.3 Å². The first-order chi connectivity index (χ1) is 28.4. The van der Waals surface area contributed by atoms with Gasteiger partial charge in [-0.3, -0.25) is 0 Å². The van der Waals surface area contributed by atoms with E-state index in [2.05, 4.69) is 18.6 Å². The quantitative estimate of drug-likeness (QED) is 0.0885. The highest BCUT2D eigenvalue weighted by atomic mass is 16.7. The number of hydrogen-bond acceptors (Lipinski definition) is 11. The molecule has 1 saturated heterocycles. The molecule has 2 aromatic rings. The Hall–Kier alpha value is -4.19. The Morgan fingerprint density at radius 3 is 2.63 bits per heavy atom. The molecular formula is C47H58O12. The molecule has 4 aliphatic heterocycles. The van der Waals surface area contributed by atoms with Gasteiger partial charge in [0.05, 0.1) is 23.5 Å². The second kappa shape index (κ2) is 18.2. The molecular weight excluding hydrogens is 757 g/mol. The highest BCUT2D eigenvalue weighted by molar-refractivity contribution is 5.87. The summed E-state index contributed by atoms with van der Waals surface area (Å²) in [6.45, 7) is 4.36. The molecule has 0 unspecified atom stereocenters. The van der Waals surface area contributed by atoms with Crippen LogP contribution in [0.2, 0.25) is 0 Å². The molecule has 6 N–H and O–H groups in total. The number of hydrogen-bond donors (Lipinski definition) is 6. The maximum absolute atomic E-state index is 12.5. The van der Waals surface area contributed by atoms with Crippen molar-refractivity contribution in [3.05, 3.63) is 102 Å². The molecule has 2 spiro atoms. The predicted molar refractivity (Wildman–Crippen MR) is 217 cm³/mol. The molecule has 0 aromatic heterocycles. The smallest absolute Gasteiger partial charge is 0.335 e. The number of carboxylic acid groups (broad SMARTS) is 1. The van der Waals surface area contributed by atoms with E-state index in [0.29, 0.717) is 44.5 Å². The lowest BCUT2D eigenvalue weighted by atomic mass is 9.58. The number of benzene rings is 2. The van der Waals surface area contributed by atoms with Crippen LogP contribution in [0.5, 0.6) is 5.75 Å². The van der Waals surface area contributed by atoms with Crippen molar-refractivity contribution < 1.29 is 59.1 Å². The largest absolute Gasteiger partial charge is 0.486 e. The molecule has 4 heterocycles. The van der Waals surface area contributed by atoms with Gasteiger partial charge in [0.15, 0.2) is 5.60 Å². The van der Waals surface area contributed by atoms with Crippen LogP contribution in [0.1, 0.15) is 78.4 Å². The van der Waals surface area contributed by atoms with Crippen LogP contribution in [0.15, 0.2) is 79.6 Å². The van der Waals surface area contributed by atoms with Gasteiger partial charge in [-0.1, -0.05) is 42.3 Å². The Morgan fingerprint density at radius 2 is 1.88 bits per heavy atom. The number of aryl methyl sites for hydroxylation is 1. The van der Waals surface area contributed by atoms with Gasteiger partial charge in [0.25, 0.3) is 0 Å². The summed E-state index contributed by atoms with van der Waals surface area (Å²) in [6.07, 6.45) is 9.27. The molecule has 12 heteroatoms. The van der Waals surface area contributed by atoms with Gasteiger partial charge >= 0.3 is 5.97 Å². The Morgan fingerprint density at radius 1 is 1.07 bits per heavy atom. The molecule has 8 rings (SSSR count). The molecule has 6 aliphatic rings. The maximum atomic E-state index is 12.5. The van der Waals surface area contributed by atoms with Crippen molar-refractivity contribution in [3.8, 4) is 17.8 Å². The summed E-state index contributed by atoms with van der Waals surface area (Å²) in [5.41, 5.74) is -0.528. The molecule has 2 aromatic carbocycles. The van der Waals surface area contributed by atoms with E-state index in [4.69, 9.17) is 23.7 Å². The summed E-state index contributed by atoms with van der Waals surface area (Å²) < 4.78 is 31.3. The summed E-state index contributed by atoms with van der Waals surface area (Å²) in [6, 6.07) is 12.6. The van der Waals surface area contributed by atoms with E-state index >= 15 is 0 Å². The van der Waals surface area contributed by atoms with Gasteiger partial charge in [0.2, 0.25) is 6.29 Å². The molecule has 59 heavy (non-hydrogen) atoms. The summed E-state index contributed by atoms with van der Waals surface area (Å²) in [5.74, 6) is 1.69. The lowest BCUT2D eigenvalue weighted by Crippen LogP contribution is -2.70. The first-order valence-electron chi connectivity index (χ1n) is 20.9. The zero-order valence-corrected chi connectivity index (χ0v) is 33.7. The van der Waals surface area contributed by atoms with Gasteiger partial charge in [-0.15, -0.1) is 6.58 Å². The van der Waals surface area contributed by atoms with Crippen LogP contribution < -0.4 is 4.74 Å². The van der Waals surface area contributed by atoms with E-state index in [0.717, 1.165) is 29.5 Å². The number of allylic oxidation sites excluding steroid dienone is 3. The molecule has 0 amide bonds. The predicted octanol–water partition coefficient (Wildman–Crippen LogP) is 4.64. The zero-order chi connectivity index (χ0) is 41.8. The Balaban J connectivity index is 1.24. The van der Waals surface area contributed by atoms with Crippen LogP contribution in [0, 0.1) is 35.2 Å². The van der Waals surface area contributed by atoms with E-state index in [1.807, 2.05) is 54.6 Å². The Bertz CT molecular complexity index is 1920. The molecule has 318 valence electrons. The van der Waals surface area contributed by atoms with Crippen molar-refractivity contribution in [3.63, 3.8) is 0 Å². The topological polar surface area (TPSA) is 185 Å². The van der Waals surface area contributed by atoms with Crippen molar-refractivity contribution >= 4 is 5.97 Å². The van der Waals surface area contributed by atoms with Crippen LogP contribution in [0.3, 0.4) is 0 Å². The highest BCUT2D eigenvalue weighted by Crippen LogP contribution is 2.58. The number of carbonyl (C=O) groups is 1. The van der Waals surface area contributed by atoms with Crippen LogP contribution >= 0.6 is 0 Å². The number of rotatable bonds is 14. The van der Waals surface area contributed by atoms with Gasteiger partial charge in [-0.05, 0) is 111 Å². The summed E-state index contributed by atoms with van der Waals surface area (Å²) in [7, 11) is 1.66. The number of aliphatic hydroxyl groups is 5. The fourth-order valence-corrected chi connectivity index (χ4v) is 10.3. The minimum Gasteiger partial charge on any atom is -0.486 e. The third-order valence-corrected chi connectivity index (χ3v) is 13.3. The van der Waals surface area contributed by atoms with Crippen LogP contribution in [-0.4, -0.2) is 105 Å². The summed E-state index contributed by atoms with van der Waals surface area (Å²) in [5, 5.41) is 68.0. The van der Waals surface area contributed by atoms with Crippen LogP contribution in [0.25, 0.3) is 0 Å². The van der Waals surface area contributed by atoms with Crippen LogP contribution in [0.4, 0.5) is 0 Å². The number of ether oxygens (including phenoxy) is 5. The number of aliphatic hydroxyl groups excluding tert-OH is 4. The van der Waals surface area contributed by atoms with Crippen molar-refractivity contribution in [2.45, 2.75) is 119 Å². The number of fused-ring (bicyclic) bond motifs is 7. The van der Waals surface area contributed by atoms with E-state index in [1.165, 1.54) is 6.26 Å². The monoisotopic (exact) mass is 814 g/mol. The van der Waals surface area contributed by atoms with E-state index in [-0.39, 0.29) is 49.7 Å². The first kappa shape index (κ1) is 42.9. The molecule has 2 fully saturated rings. The third-order valence-electron chi connectivity index (χ3n) is 13.3. The number of methoxy groups -OCH3 is 1. The molecule has 0 radical (unpaired) electrons. The van der Waals surface area contributed by atoms with Crippen LogP contribution in [-0.2, 0) is 38.2 Å². The van der Waals surface area contributed by atoms with Gasteiger partial charge in [-0.25, -0.2) is 4.79 Å². The van der Waals surface area contributed by atoms with E-state index < -0.39 is 65.3 Å². The average Bonchev–Trinajstić information content (AvgIpc) is 3.44. The first-order valence-corrected chi connectivity index (χ1v) is 20.9. The van der Waals surface area contributed by atoms with Crippen molar-refractivity contribution in [1.82, 2.24) is 0 Å². The Kier molecular flexibility index (Phi) is 13.2. The van der Waals surface area contributed by atoms with Gasteiger partial charge < -0.3 is 54.3 Å². The van der Waals surface area contributed by atoms with Crippen molar-refractivity contribution in [2.75, 3.05) is 20.3 Å². The molecule has 12 nitrogen and oxygen atoms in total. The minimum absolute atomic E-state index is 0.0129. The van der Waals surface area contributed by atoms with Gasteiger partial charge in [0, 0.05) is 50.4 Å². The zero-order valence-electron chi connectivity index (χ0n) is 33.7. The maximum Gasteiger partial charge on any atom is 0.335 e. The molecule has 3 bridgehead atoms. The summed E-state index contributed by atoms with van der Waals surface area (Å²) >= 11 is 0. The lowest BCUT2D eigenvalue weighted by Gasteiger charge is -2.53. The normalized spacial score (nSPS) is 35.9. The SMILES string of the molecule is C=CCc1ccc(O[C@H]2O[C@H]3[C@@H](O)[C@H](O)[C@]24C[C@@H]([C@H](O)CC#CO[C@@H]3CCCO)[C@@]2(C=CO4)C=C[C@H]3C[C@H](Cc4ccc(C(=O)O)cc4)C[C@]3(O)C2)cc1CCCOC. The van der Waals surface area contributed by atoms with Crippen molar-refractivity contribution in [2.24, 2.45) is 23.2 Å². The molecule has 2 aliphatic carbocycles. The second-order valence-electron chi connectivity index (χ2n) is 17.1. The third kappa shape index (κ3) is 8.84. The molecule has 1 saturated carbocycles. The summed E-state index contributed by atoms with van der Waals surface area (Å²) in [4.78, 5) is 11.4. The highest BCUT2D eigenvalue weighted by Gasteiger charge is 2.65. The second-order valence-corrected chi connectivity index (χ2v) is 17.1. The number of aromatic carboxylic acids is 1.